The number of aromatic nitrogens is 1. The van der Waals surface area contributed by atoms with Crippen LogP contribution in [-0.2, 0) is 5.75 Å². The first-order valence-electron chi connectivity index (χ1n) is 8.86. The highest BCUT2D eigenvalue weighted by Crippen LogP contribution is 2.35. The zero-order valence-electron chi connectivity index (χ0n) is 15.0. The Balaban J connectivity index is 1.41. The van der Waals surface area contributed by atoms with Crippen LogP contribution >= 0.6 is 23.1 Å². The smallest absolute Gasteiger partial charge is 0.266 e. The number of imide groups is 1. The van der Waals surface area contributed by atoms with Crippen LogP contribution in [0.5, 0.6) is 0 Å². The van der Waals surface area contributed by atoms with Crippen LogP contribution in [0.2, 0.25) is 0 Å². The standard InChI is InChI=1S/C22H13FN2O2S2/c23-14-5-3-4-13(10-14)12-28-22-24-18-9-8-15(11-19(18)29-22)25-20(26)16-6-1-2-7-17(16)21(25)27/h1-11H,12H2. The summed E-state index contributed by atoms with van der Waals surface area (Å²) in [7, 11) is 0. The van der Waals surface area contributed by atoms with Crippen molar-refractivity contribution >= 4 is 50.8 Å². The van der Waals surface area contributed by atoms with Crippen LogP contribution in [0.4, 0.5) is 10.1 Å². The highest BCUT2D eigenvalue weighted by atomic mass is 32.2. The number of halogens is 1. The zero-order chi connectivity index (χ0) is 20.0. The first-order chi connectivity index (χ1) is 14.1. The lowest BCUT2D eigenvalue weighted by Crippen LogP contribution is -2.29. The van der Waals surface area contributed by atoms with Gasteiger partial charge in [-0.15, -0.1) is 11.3 Å². The molecule has 4 nitrogen and oxygen atoms in total. The van der Waals surface area contributed by atoms with Crippen molar-refractivity contribution in [1.29, 1.82) is 0 Å². The average Bonchev–Trinajstić information content (AvgIpc) is 3.25. The number of amides is 2. The van der Waals surface area contributed by atoms with Crippen molar-refractivity contribution in [1.82, 2.24) is 4.98 Å². The van der Waals surface area contributed by atoms with E-state index in [1.54, 1.807) is 36.4 Å². The van der Waals surface area contributed by atoms with Gasteiger partial charge in [-0.05, 0) is 48.0 Å². The van der Waals surface area contributed by atoms with Gasteiger partial charge in [0, 0.05) is 5.75 Å². The molecule has 0 bridgehead atoms. The third-order valence-corrected chi connectivity index (χ3v) is 6.89. The number of carbonyl (C=O) groups excluding carboxylic acids is 2. The minimum atomic E-state index is -0.310. The molecule has 0 radical (unpaired) electrons. The van der Waals surface area contributed by atoms with Crippen molar-refractivity contribution in [2.75, 3.05) is 4.90 Å². The Morgan fingerprint density at radius 2 is 1.69 bits per heavy atom. The second-order valence-electron chi connectivity index (χ2n) is 6.54. The molecule has 1 aromatic heterocycles. The van der Waals surface area contributed by atoms with Crippen molar-refractivity contribution in [3.8, 4) is 0 Å². The van der Waals surface area contributed by atoms with E-state index in [2.05, 4.69) is 4.98 Å². The topological polar surface area (TPSA) is 50.3 Å². The molecular weight excluding hydrogens is 407 g/mol. The van der Waals surface area contributed by atoms with Gasteiger partial charge in [-0.3, -0.25) is 9.59 Å². The molecule has 7 heteroatoms. The van der Waals surface area contributed by atoms with Crippen LogP contribution in [0, 0.1) is 5.82 Å². The molecule has 0 fully saturated rings. The molecular formula is C22H13FN2O2S2. The first kappa shape index (κ1) is 18.0. The van der Waals surface area contributed by atoms with E-state index in [1.165, 1.54) is 40.1 Å². The largest absolute Gasteiger partial charge is 0.268 e. The molecule has 142 valence electrons. The summed E-state index contributed by atoms with van der Waals surface area (Å²) in [5.41, 5.74) is 3.08. The third kappa shape index (κ3) is 3.22. The zero-order valence-corrected chi connectivity index (χ0v) is 16.6. The summed E-state index contributed by atoms with van der Waals surface area (Å²) in [6.45, 7) is 0. The normalized spacial score (nSPS) is 13.3. The summed E-state index contributed by atoms with van der Waals surface area (Å²) in [6.07, 6.45) is 0. The second kappa shape index (κ2) is 7.09. The molecule has 0 saturated carbocycles. The van der Waals surface area contributed by atoms with Crippen molar-refractivity contribution in [3.63, 3.8) is 0 Å². The number of hydrogen-bond acceptors (Lipinski definition) is 5. The van der Waals surface area contributed by atoms with Crippen LogP contribution in [0.1, 0.15) is 26.3 Å². The maximum atomic E-state index is 13.3. The molecule has 3 aromatic carbocycles. The van der Waals surface area contributed by atoms with Gasteiger partial charge < -0.3 is 0 Å². The number of anilines is 1. The average molecular weight is 420 g/mol. The Hall–Kier alpha value is -3.03. The number of carbonyl (C=O) groups is 2. The summed E-state index contributed by atoms with van der Waals surface area (Å²) in [5, 5.41) is 0. The van der Waals surface area contributed by atoms with Crippen LogP contribution in [0.3, 0.4) is 0 Å². The Morgan fingerprint density at radius 3 is 2.41 bits per heavy atom. The monoisotopic (exact) mass is 420 g/mol. The molecule has 0 unspecified atom stereocenters. The number of rotatable bonds is 4. The molecule has 2 amide bonds. The first-order valence-corrected chi connectivity index (χ1v) is 10.7. The van der Waals surface area contributed by atoms with Gasteiger partial charge in [0.05, 0.1) is 27.0 Å². The molecule has 5 rings (SSSR count). The van der Waals surface area contributed by atoms with E-state index in [4.69, 9.17) is 0 Å². The summed E-state index contributed by atoms with van der Waals surface area (Å²) in [6, 6.07) is 18.7. The number of hydrogen-bond donors (Lipinski definition) is 0. The number of nitrogens with zero attached hydrogens (tertiary/aromatic N) is 2. The molecule has 1 aliphatic heterocycles. The minimum absolute atomic E-state index is 0.252. The minimum Gasteiger partial charge on any atom is -0.268 e. The van der Waals surface area contributed by atoms with Gasteiger partial charge in [-0.1, -0.05) is 36.0 Å². The van der Waals surface area contributed by atoms with E-state index in [1.807, 2.05) is 18.2 Å². The van der Waals surface area contributed by atoms with Gasteiger partial charge in [0.15, 0.2) is 4.34 Å². The van der Waals surface area contributed by atoms with Gasteiger partial charge >= 0.3 is 0 Å². The van der Waals surface area contributed by atoms with Crippen molar-refractivity contribution < 1.29 is 14.0 Å². The van der Waals surface area contributed by atoms with Gasteiger partial charge in [0.2, 0.25) is 0 Å². The van der Waals surface area contributed by atoms with Crippen molar-refractivity contribution in [2.24, 2.45) is 0 Å². The lowest BCUT2D eigenvalue weighted by Gasteiger charge is -2.13. The van der Waals surface area contributed by atoms with Crippen LogP contribution in [-0.4, -0.2) is 16.8 Å². The van der Waals surface area contributed by atoms with Crippen molar-refractivity contribution in [3.05, 3.63) is 89.2 Å². The van der Waals surface area contributed by atoms with E-state index < -0.39 is 0 Å². The van der Waals surface area contributed by atoms with Gasteiger partial charge in [-0.2, -0.15) is 0 Å². The Morgan fingerprint density at radius 1 is 0.931 bits per heavy atom. The van der Waals surface area contributed by atoms with Crippen molar-refractivity contribution in [2.45, 2.75) is 10.1 Å². The van der Waals surface area contributed by atoms with Gasteiger partial charge in [-0.25, -0.2) is 14.3 Å². The molecule has 0 saturated heterocycles. The SMILES string of the molecule is O=C1c2ccccc2C(=O)N1c1ccc2nc(SCc3cccc(F)c3)sc2c1. The molecule has 29 heavy (non-hydrogen) atoms. The summed E-state index contributed by atoms with van der Waals surface area (Å²) in [4.78, 5) is 31.2. The van der Waals surface area contributed by atoms with Gasteiger partial charge in [0.25, 0.3) is 11.8 Å². The fourth-order valence-electron chi connectivity index (χ4n) is 3.29. The van der Waals surface area contributed by atoms with Crippen LogP contribution < -0.4 is 4.90 Å². The molecule has 4 aromatic rings. The third-order valence-electron chi connectivity index (χ3n) is 4.66. The molecule has 2 heterocycles. The van der Waals surface area contributed by atoms with Gasteiger partial charge in [0.1, 0.15) is 5.82 Å². The molecule has 0 atom stereocenters. The second-order valence-corrected chi connectivity index (χ2v) is 8.79. The van der Waals surface area contributed by atoms with Crippen LogP contribution in [0.25, 0.3) is 10.2 Å². The highest BCUT2D eigenvalue weighted by Gasteiger charge is 2.36. The quantitative estimate of drug-likeness (QED) is 0.322. The Kier molecular flexibility index (Phi) is 4.41. The fourth-order valence-corrected chi connectivity index (χ4v) is 5.33. The Labute approximate surface area is 174 Å². The summed E-state index contributed by atoms with van der Waals surface area (Å²) in [5.74, 6) is -0.258. The van der Waals surface area contributed by atoms with E-state index in [0.29, 0.717) is 22.6 Å². The molecule has 0 N–H and O–H groups in total. The maximum Gasteiger partial charge on any atom is 0.266 e. The lowest BCUT2D eigenvalue weighted by atomic mass is 10.1. The predicted molar refractivity (Wildman–Crippen MR) is 113 cm³/mol. The number of thioether (sulfide) groups is 1. The number of thiazole rings is 1. The fraction of sp³-hybridized carbons (Fsp3) is 0.0455. The Bertz CT molecular complexity index is 1250. The van der Waals surface area contributed by atoms with E-state index in [-0.39, 0.29) is 17.6 Å². The summed E-state index contributed by atoms with van der Waals surface area (Å²) >= 11 is 3.02. The number of fused-ring (bicyclic) bond motifs is 2. The number of benzene rings is 3. The van der Waals surface area contributed by atoms with E-state index >= 15 is 0 Å². The van der Waals surface area contributed by atoms with Crippen LogP contribution in [0.15, 0.2) is 71.1 Å². The van der Waals surface area contributed by atoms with E-state index in [0.717, 1.165) is 20.1 Å². The lowest BCUT2D eigenvalue weighted by molar-refractivity contribution is 0.0926. The highest BCUT2D eigenvalue weighted by molar-refractivity contribution is 8.00. The summed E-state index contributed by atoms with van der Waals surface area (Å²) < 4.78 is 15.1. The molecule has 0 aliphatic carbocycles. The molecule has 0 spiro atoms. The maximum absolute atomic E-state index is 13.3. The molecule has 1 aliphatic rings. The van der Waals surface area contributed by atoms with E-state index in [9.17, 15) is 14.0 Å². The predicted octanol–water partition coefficient (Wildman–Crippen LogP) is 5.53.